The fraction of sp³-hybridized carbons (Fsp3) is 0.429. The summed E-state index contributed by atoms with van der Waals surface area (Å²) in [6, 6.07) is 1.90. The third-order valence-electron chi connectivity index (χ3n) is 5.48. The monoisotopic (exact) mass is 525 g/mol. The van der Waals surface area contributed by atoms with Gasteiger partial charge in [0.25, 0.3) is 0 Å². The van der Waals surface area contributed by atoms with Gasteiger partial charge in [0.05, 0.1) is 36.9 Å². The van der Waals surface area contributed by atoms with E-state index in [9.17, 15) is 9.59 Å². The molecule has 2 aliphatic rings. The first-order chi connectivity index (χ1) is 16.8. The van der Waals surface area contributed by atoms with E-state index in [-0.39, 0.29) is 43.6 Å². The number of nitrogens with zero attached hydrogens (tertiary/aromatic N) is 4. The van der Waals surface area contributed by atoms with Gasteiger partial charge < -0.3 is 20.3 Å². The third-order valence-corrected chi connectivity index (χ3v) is 6.40. The zero-order valence-corrected chi connectivity index (χ0v) is 20.6. The van der Waals surface area contributed by atoms with E-state index in [0.29, 0.717) is 24.6 Å². The van der Waals surface area contributed by atoms with Crippen molar-refractivity contribution < 1.29 is 23.1 Å². The molecular weight excluding hydrogens is 500 g/mol. The molecule has 1 aromatic carbocycles. The molecule has 14 heteroatoms. The summed E-state index contributed by atoms with van der Waals surface area (Å²) in [5.41, 5.74) is 2.84. The van der Waals surface area contributed by atoms with Crippen LogP contribution < -0.4 is 25.9 Å². The summed E-state index contributed by atoms with van der Waals surface area (Å²) < 4.78 is 35.4. The number of carbonyl (C=O) groups excluding carboxylic acids is 2. The average Bonchev–Trinajstić information content (AvgIpc) is 3.39. The Morgan fingerprint density at radius 2 is 2.06 bits per heavy atom. The first-order valence-corrected chi connectivity index (χ1v) is 12.2. The maximum absolute atomic E-state index is 15.1. The summed E-state index contributed by atoms with van der Waals surface area (Å²) in [7, 11) is 0. The predicted molar refractivity (Wildman–Crippen MR) is 132 cm³/mol. The van der Waals surface area contributed by atoms with Crippen molar-refractivity contribution >= 4 is 52.0 Å². The van der Waals surface area contributed by atoms with E-state index in [4.69, 9.17) is 17.0 Å². The number of urea groups is 1. The van der Waals surface area contributed by atoms with Crippen LogP contribution in [0.1, 0.15) is 11.9 Å². The number of anilines is 2. The van der Waals surface area contributed by atoms with E-state index in [1.54, 1.807) is 13.1 Å². The molecule has 0 spiro atoms. The molecule has 10 nitrogen and oxygen atoms in total. The lowest BCUT2D eigenvalue weighted by molar-refractivity contribution is 0.143. The molecule has 1 atom stereocenters. The standard InChI is InChI=1S/C21H25F2N7O3S2/c1-13(34)25-10-15-12-29(21(32)33-15)14-8-16(22)19(17(23)9-14)28-4-2-27-30(6-5-28)20(31)26-11-18-24-3-7-35-18/h3,7-9,15,27H,2,4-6,10-12H2,1H3,(H,25,34)(H,26,31)/t15-/m0/s1. The van der Waals surface area contributed by atoms with Crippen molar-refractivity contribution in [3.8, 4) is 0 Å². The first kappa shape index (κ1) is 25.0. The summed E-state index contributed by atoms with van der Waals surface area (Å²) in [6.45, 7) is 3.46. The van der Waals surface area contributed by atoms with Gasteiger partial charge in [0, 0.05) is 43.3 Å². The average molecular weight is 526 g/mol. The Kier molecular flexibility index (Phi) is 7.93. The van der Waals surface area contributed by atoms with Crippen molar-refractivity contribution in [2.45, 2.75) is 19.6 Å². The zero-order chi connectivity index (χ0) is 24.9. The number of thiocarbonyl (C=S) groups is 1. The maximum Gasteiger partial charge on any atom is 0.414 e. The van der Waals surface area contributed by atoms with E-state index in [2.05, 4.69) is 21.0 Å². The highest BCUT2D eigenvalue weighted by Gasteiger charge is 2.34. The number of thiazole rings is 1. The molecule has 1 aromatic heterocycles. The zero-order valence-electron chi connectivity index (χ0n) is 18.9. The Bertz CT molecular complexity index is 1070. The van der Waals surface area contributed by atoms with Crippen LogP contribution in [-0.2, 0) is 11.3 Å². The molecule has 3 N–H and O–H groups in total. The SMILES string of the molecule is CC(=S)NC[C@H]1CN(c2cc(F)c(N3CCNN(C(=O)NCc4nccs4)CC3)c(F)c2)C(=O)O1. The van der Waals surface area contributed by atoms with Crippen molar-refractivity contribution in [3.05, 3.63) is 40.4 Å². The van der Waals surface area contributed by atoms with E-state index in [1.807, 2.05) is 5.38 Å². The molecule has 0 unspecified atom stereocenters. The number of ether oxygens (including phenoxy) is 1. The Morgan fingerprint density at radius 3 is 2.74 bits per heavy atom. The first-order valence-electron chi connectivity index (χ1n) is 11.0. The molecule has 0 radical (unpaired) electrons. The van der Waals surface area contributed by atoms with Crippen LogP contribution in [0.15, 0.2) is 23.7 Å². The molecule has 0 saturated carbocycles. The molecule has 0 bridgehead atoms. The highest BCUT2D eigenvalue weighted by atomic mass is 32.1. The van der Waals surface area contributed by atoms with Gasteiger partial charge in [-0.25, -0.2) is 28.8 Å². The molecule has 2 saturated heterocycles. The van der Waals surface area contributed by atoms with Gasteiger partial charge in [0.15, 0.2) is 11.6 Å². The number of carbonyl (C=O) groups is 2. The fourth-order valence-corrected chi connectivity index (χ4v) is 4.46. The van der Waals surface area contributed by atoms with Crippen LogP contribution in [0.3, 0.4) is 0 Å². The Morgan fingerprint density at radius 1 is 1.29 bits per heavy atom. The lowest BCUT2D eigenvalue weighted by Crippen LogP contribution is -2.48. The Labute approximate surface area is 210 Å². The number of halogens is 2. The minimum absolute atomic E-state index is 0.0754. The summed E-state index contributed by atoms with van der Waals surface area (Å²) in [4.78, 5) is 32.1. The van der Waals surface area contributed by atoms with E-state index in [1.165, 1.54) is 26.1 Å². The van der Waals surface area contributed by atoms with Crippen LogP contribution >= 0.6 is 23.6 Å². The molecule has 3 amide bonds. The van der Waals surface area contributed by atoms with E-state index < -0.39 is 23.8 Å². The third kappa shape index (κ3) is 6.13. The van der Waals surface area contributed by atoms with Crippen LogP contribution in [0.2, 0.25) is 0 Å². The Balaban J connectivity index is 1.39. The molecule has 0 aliphatic carbocycles. The van der Waals surface area contributed by atoms with Crippen molar-refractivity contribution in [1.82, 2.24) is 26.1 Å². The number of hydrazine groups is 1. The van der Waals surface area contributed by atoms with Gasteiger partial charge in [0.1, 0.15) is 16.8 Å². The highest BCUT2D eigenvalue weighted by molar-refractivity contribution is 7.80. The number of hydrogen-bond donors (Lipinski definition) is 3. The lowest BCUT2D eigenvalue weighted by Gasteiger charge is -2.25. The van der Waals surface area contributed by atoms with Crippen molar-refractivity contribution in [2.75, 3.05) is 49.1 Å². The summed E-state index contributed by atoms with van der Waals surface area (Å²) in [5, 5.41) is 9.67. The number of aromatic nitrogens is 1. The second kappa shape index (κ2) is 11.1. The van der Waals surface area contributed by atoms with Crippen LogP contribution in [0.5, 0.6) is 0 Å². The minimum Gasteiger partial charge on any atom is -0.442 e. The number of rotatable bonds is 6. The summed E-state index contributed by atoms with van der Waals surface area (Å²) >= 11 is 6.39. The largest absolute Gasteiger partial charge is 0.442 e. The van der Waals surface area contributed by atoms with Crippen LogP contribution in [0.4, 0.5) is 29.7 Å². The van der Waals surface area contributed by atoms with Gasteiger partial charge >= 0.3 is 12.1 Å². The van der Waals surface area contributed by atoms with Crippen molar-refractivity contribution in [2.24, 2.45) is 0 Å². The molecule has 2 fully saturated rings. The number of benzene rings is 1. The molecule has 2 aliphatic heterocycles. The van der Waals surface area contributed by atoms with E-state index >= 15 is 8.78 Å². The molecule has 35 heavy (non-hydrogen) atoms. The van der Waals surface area contributed by atoms with Crippen LogP contribution in [0, 0.1) is 11.6 Å². The maximum atomic E-state index is 15.1. The van der Waals surface area contributed by atoms with Gasteiger partial charge in [-0.1, -0.05) is 12.2 Å². The Hall–Kier alpha value is -3.10. The second-order valence-electron chi connectivity index (χ2n) is 7.94. The summed E-state index contributed by atoms with van der Waals surface area (Å²) in [6.07, 6.45) is 0.492. The van der Waals surface area contributed by atoms with Gasteiger partial charge in [-0.15, -0.1) is 11.3 Å². The number of nitrogens with one attached hydrogen (secondary N) is 3. The predicted octanol–water partition coefficient (Wildman–Crippen LogP) is 2.22. The molecule has 2 aromatic rings. The smallest absolute Gasteiger partial charge is 0.414 e. The molecule has 3 heterocycles. The van der Waals surface area contributed by atoms with Gasteiger partial charge in [-0.05, 0) is 6.92 Å². The number of amides is 3. The van der Waals surface area contributed by atoms with Gasteiger partial charge in [-0.2, -0.15) is 0 Å². The minimum atomic E-state index is -0.800. The van der Waals surface area contributed by atoms with Crippen LogP contribution in [0.25, 0.3) is 0 Å². The van der Waals surface area contributed by atoms with Crippen LogP contribution in [-0.4, -0.2) is 72.5 Å². The lowest BCUT2D eigenvalue weighted by atomic mass is 10.2. The molecule has 188 valence electrons. The van der Waals surface area contributed by atoms with E-state index in [0.717, 1.165) is 17.1 Å². The number of cyclic esters (lactones) is 1. The second-order valence-corrected chi connectivity index (χ2v) is 9.53. The highest BCUT2D eigenvalue weighted by Crippen LogP contribution is 2.31. The van der Waals surface area contributed by atoms with Crippen molar-refractivity contribution in [3.63, 3.8) is 0 Å². The number of hydrogen-bond acceptors (Lipinski definition) is 8. The molecule has 4 rings (SSSR count). The molecular formula is C21H25F2N7O3S2. The quantitative estimate of drug-likeness (QED) is 0.494. The van der Waals surface area contributed by atoms with Gasteiger partial charge in [0.2, 0.25) is 0 Å². The van der Waals surface area contributed by atoms with Crippen molar-refractivity contribution in [1.29, 1.82) is 0 Å². The normalized spacial score (nSPS) is 18.3. The van der Waals surface area contributed by atoms with Gasteiger partial charge in [-0.3, -0.25) is 9.91 Å². The summed E-state index contributed by atoms with van der Waals surface area (Å²) in [5.74, 6) is -1.60. The topological polar surface area (TPSA) is 102 Å². The fourth-order valence-electron chi connectivity index (χ4n) is 3.82.